The van der Waals surface area contributed by atoms with Crippen molar-refractivity contribution in [3.63, 3.8) is 0 Å². The van der Waals surface area contributed by atoms with Crippen LogP contribution in [0.2, 0.25) is 0 Å². The molecule has 15 nitrogen and oxygen atoms in total. The van der Waals surface area contributed by atoms with Crippen molar-refractivity contribution >= 4 is 29.6 Å². The van der Waals surface area contributed by atoms with Crippen LogP contribution in [0.4, 0.5) is 0 Å². The number of carbonyl (C=O) groups is 5. The fourth-order valence-corrected chi connectivity index (χ4v) is 3.39. The summed E-state index contributed by atoms with van der Waals surface area (Å²) in [6.07, 6.45) is 1.60. The molecule has 10 N–H and O–H groups in total. The molecule has 0 unspecified atom stereocenters. The van der Waals surface area contributed by atoms with Gasteiger partial charge in [0, 0.05) is 24.7 Å². The number of phenolic OH excluding ortho intramolecular Hbond substituents is 1. The number of aliphatic hydroxyl groups excluding tert-OH is 1. The number of aliphatic carboxylic acids is 1. The lowest BCUT2D eigenvalue weighted by molar-refractivity contribution is -0.142. The van der Waals surface area contributed by atoms with Crippen LogP contribution in [0.1, 0.15) is 25.1 Å². The second kappa shape index (κ2) is 14.4. The molecule has 15 heteroatoms. The number of H-pyrrole nitrogens is 1. The largest absolute Gasteiger partial charge is 0.508 e. The lowest BCUT2D eigenvalue weighted by atomic mass is 10.0. The van der Waals surface area contributed by atoms with Crippen LogP contribution in [0.3, 0.4) is 0 Å². The number of hydrogen-bond donors (Lipinski definition) is 9. The fourth-order valence-electron chi connectivity index (χ4n) is 3.39. The molecule has 0 saturated heterocycles. The summed E-state index contributed by atoms with van der Waals surface area (Å²) in [5, 5.41) is 38.1. The summed E-state index contributed by atoms with van der Waals surface area (Å²) in [6.45, 7) is 2.02. The maximum Gasteiger partial charge on any atom is 0.326 e. The van der Waals surface area contributed by atoms with E-state index < -0.39 is 66.4 Å². The molecule has 1 aromatic heterocycles. The standard InChI is InChI=1S/C24H33N7O8/c1-12(29-22(36)17(25)8-15-9-26-11-28-15)21(35)27-10-19(34)31-20(13(2)32)23(37)30-18(24(38)39)7-14-3-5-16(33)6-4-14/h3-6,9,11-13,17-18,20,32-33H,7-8,10,25H2,1-2H3,(H,26,28)(H,27,35)(H,29,36)(H,30,37)(H,31,34)(H,38,39)/t12-,13+,17-,18-,20-/m0/s1. The van der Waals surface area contributed by atoms with E-state index >= 15 is 0 Å². The van der Waals surface area contributed by atoms with Crippen LogP contribution < -0.4 is 27.0 Å². The van der Waals surface area contributed by atoms with Crippen molar-refractivity contribution in [1.29, 1.82) is 0 Å². The molecule has 1 aromatic carbocycles. The van der Waals surface area contributed by atoms with Gasteiger partial charge in [-0.05, 0) is 31.5 Å². The Morgan fingerprint density at radius 1 is 0.974 bits per heavy atom. The minimum atomic E-state index is -1.52. The Morgan fingerprint density at radius 2 is 1.64 bits per heavy atom. The molecule has 4 amide bonds. The number of rotatable bonds is 14. The number of aliphatic hydroxyl groups is 1. The minimum Gasteiger partial charge on any atom is -0.508 e. The second-order valence-electron chi connectivity index (χ2n) is 8.89. The Morgan fingerprint density at radius 3 is 2.21 bits per heavy atom. The van der Waals surface area contributed by atoms with Crippen LogP contribution in [0.5, 0.6) is 5.75 Å². The third-order valence-corrected chi connectivity index (χ3v) is 5.58. The van der Waals surface area contributed by atoms with E-state index in [2.05, 4.69) is 31.2 Å². The Labute approximate surface area is 223 Å². The topological polar surface area (TPSA) is 249 Å². The molecule has 39 heavy (non-hydrogen) atoms. The zero-order chi connectivity index (χ0) is 29.1. The highest BCUT2D eigenvalue weighted by Crippen LogP contribution is 2.11. The summed E-state index contributed by atoms with van der Waals surface area (Å²) in [6, 6.07) is 0.825. The molecule has 0 saturated carbocycles. The number of hydrogen-bond acceptors (Lipinski definition) is 9. The number of aromatic hydroxyl groups is 1. The Balaban J connectivity index is 1.86. The normalized spacial score (nSPS) is 14.7. The van der Waals surface area contributed by atoms with Gasteiger partial charge in [-0.25, -0.2) is 9.78 Å². The number of amides is 4. The van der Waals surface area contributed by atoms with Gasteiger partial charge < -0.3 is 47.3 Å². The fraction of sp³-hybridized carbons (Fsp3) is 0.417. The predicted molar refractivity (Wildman–Crippen MR) is 136 cm³/mol. The molecular weight excluding hydrogens is 514 g/mol. The predicted octanol–water partition coefficient (Wildman–Crippen LogP) is -2.72. The molecule has 0 bridgehead atoms. The Kier molecular flexibility index (Phi) is 11.4. The quantitative estimate of drug-likeness (QED) is 0.118. The lowest BCUT2D eigenvalue weighted by Gasteiger charge is -2.23. The van der Waals surface area contributed by atoms with E-state index in [1.54, 1.807) is 0 Å². The second-order valence-corrected chi connectivity index (χ2v) is 8.89. The monoisotopic (exact) mass is 547 g/mol. The summed E-state index contributed by atoms with van der Waals surface area (Å²) in [5.41, 5.74) is 6.98. The average molecular weight is 548 g/mol. The van der Waals surface area contributed by atoms with Crippen LogP contribution in [-0.2, 0) is 36.8 Å². The number of carboxylic acids is 1. The third-order valence-electron chi connectivity index (χ3n) is 5.58. The number of benzene rings is 1. The first-order valence-electron chi connectivity index (χ1n) is 12.0. The van der Waals surface area contributed by atoms with Crippen molar-refractivity contribution in [1.82, 2.24) is 31.2 Å². The van der Waals surface area contributed by atoms with E-state index in [0.29, 0.717) is 11.3 Å². The maximum atomic E-state index is 12.7. The highest BCUT2D eigenvalue weighted by atomic mass is 16.4. The van der Waals surface area contributed by atoms with Crippen molar-refractivity contribution in [2.45, 2.75) is 57.0 Å². The highest BCUT2D eigenvalue weighted by molar-refractivity contribution is 5.94. The smallest absolute Gasteiger partial charge is 0.326 e. The maximum absolute atomic E-state index is 12.7. The molecule has 2 aromatic rings. The summed E-state index contributed by atoms with van der Waals surface area (Å²) < 4.78 is 0. The minimum absolute atomic E-state index is 0.00994. The van der Waals surface area contributed by atoms with E-state index in [1.165, 1.54) is 50.6 Å². The third kappa shape index (κ3) is 10.1. The van der Waals surface area contributed by atoms with Gasteiger partial charge in [-0.1, -0.05) is 12.1 Å². The van der Waals surface area contributed by atoms with Gasteiger partial charge in [0.05, 0.1) is 25.0 Å². The molecule has 2 rings (SSSR count). The van der Waals surface area contributed by atoms with Crippen LogP contribution in [0.15, 0.2) is 36.8 Å². The number of aromatic nitrogens is 2. The van der Waals surface area contributed by atoms with Gasteiger partial charge in [-0.3, -0.25) is 19.2 Å². The van der Waals surface area contributed by atoms with Crippen molar-refractivity contribution in [3.05, 3.63) is 48.0 Å². The van der Waals surface area contributed by atoms with Crippen LogP contribution in [-0.4, -0.2) is 91.7 Å². The van der Waals surface area contributed by atoms with Crippen LogP contribution in [0, 0.1) is 0 Å². The van der Waals surface area contributed by atoms with Crippen molar-refractivity contribution in [3.8, 4) is 5.75 Å². The van der Waals surface area contributed by atoms with Gasteiger partial charge in [0.15, 0.2) is 0 Å². The first-order chi connectivity index (χ1) is 18.4. The number of nitrogens with one attached hydrogen (secondary N) is 5. The number of carbonyl (C=O) groups excluding carboxylic acids is 4. The molecular formula is C24H33N7O8. The SMILES string of the molecule is C[C@H](NC(=O)[C@@H](N)Cc1cnc[nH]1)C(=O)NCC(=O)N[C@H](C(=O)N[C@@H](Cc1ccc(O)cc1)C(=O)O)[C@@H](C)O. The number of imidazole rings is 1. The summed E-state index contributed by atoms with van der Waals surface area (Å²) in [5.74, 6) is -4.45. The first-order valence-corrected chi connectivity index (χ1v) is 12.0. The average Bonchev–Trinajstić information content (AvgIpc) is 3.39. The number of aromatic amines is 1. The van der Waals surface area contributed by atoms with Crippen molar-refractivity contribution in [2.75, 3.05) is 6.54 Å². The Hall–Kier alpha value is -4.50. The van der Waals surface area contributed by atoms with Crippen LogP contribution >= 0.6 is 0 Å². The molecule has 0 fully saturated rings. The van der Waals surface area contributed by atoms with Crippen molar-refractivity contribution < 1.29 is 39.3 Å². The Bertz CT molecular complexity index is 1140. The van der Waals surface area contributed by atoms with E-state index in [-0.39, 0.29) is 18.6 Å². The lowest BCUT2D eigenvalue weighted by Crippen LogP contribution is -2.58. The molecule has 0 aliphatic heterocycles. The van der Waals surface area contributed by atoms with Gasteiger partial charge in [-0.15, -0.1) is 0 Å². The summed E-state index contributed by atoms with van der Waals surface area (Å²) in [7, 11) is 0. The van der Waals surface area contributed by atoms with Gasteiger partial charge in [-0.2, -0.15) is 0 Å². The van der Waals surface area contributed by atoms with Gasteiger partial charge in [0.2, 0.25) is 23.6 Å². The van der Waals surface area contributed by atoms with Crippen molar-refractivity contribution in [2.24, 2.45) is 5.73 Å². The van der Waals surface area contributed by atoms with E-state index in [9.17, 15) is 39.3 Å². The van der Waals surface area contributed by atoms with Gasteiger partial charge in [0.1, 0.15) is 23.9 Å². The van der Waals surface area contributed by atoms with E-state index in [4.69, 9.17) is 5.73 Å². The number of nitrogens with zero attached hydrogens (tertiary/aromatic N) is 1. The summed E-state index contributed by atoms with van der Waals surface area (Å²) in [4.78, 5) is 67.9. The zero-order valence-electron chi connectivity index (χ0n) is 21.4. The van der Waals surface area contributed by atoms with Gasteiger partial charge in [0.25, 0.3) is 0 Å². The van der Waals surface area contributed by atoms with Gasteiger partial charge >= 0.3 is 5.97 Å². The van der Waals surface area contributed by atoms with E-state index in [0.717, 1.165) is 0 Å². The number of carboxylic acid groups (broad SMARTS) is 1. The molecule has 0 spiro atoms. The van der Waals surface area contributed by atoms with Crippen LogP contribution in [0.25, 0.3) is 0 Å². The molecule has 212 valence electrons. The molecule has 1 heterocycles. The number of nitrogens with two attached hydrogens (primary N) is 1. The molecule has 0 aliphatic carbocycles. The first kappa shape index (κ1) is 30.7. The molecule has 0 aliphatic rings. The summed E-state index contributed by atoms with van der Waals surface area (Å²) >= 11 is 0. The van der Waals surface area contributed by atoms with E-state index in [1.807, 2.05) is 0 Å². The zero-order valence-corrected chi connectivity index (χ0v) is 21.4. The number of phenols is 1. The molecule has 0 radical (unpaired) electrons. The highest BCUT2D eigenvalue weighted by Gasteiger charge is 2.30. The molecule has 5 atom stereocenters.